The van der Waals surface area contributed by atoms with Crippen molar-refractivity contribution in [2.24, 2.45) is 5.92 Å². The van der Waals surface area contributed by atoms with Crippen LogP contribution in [-0.4, -0.2) is 67.5 Å². The molecule has 3 aliphatic heterocycles. The molecule has 120 valence electrons. The molecular formula is C12H19NO7S. The second-order valence-electron chi connectivity index (χ2n) is 4.99. The second-order valence-corrected chi connectivity index (χ2v) is 6.59. The van der Waals surface area contributed by atoms with Gasteiger partial charge in [-0.15, -0.1) is 0 Å². The van der Waals surface area contributed by atoms with E-state index in [0.717, 1.165) is 38.7 Å². The molecule has 0 aromatic rings. The molecule has 8 nitrogen and oxygen atoms in total. The maximum Gasteiger partial charge on any atom is 0.328 e. The van der Waals surface area contributed by atoms with Crippen LogP contribution in [0.3, 0.4) is 0 Å². The van der Waals surface area contributed by atoms with Crippen LogP contribution in [0.15, 0.2) is 12.2 Å². The maximum atomic E-state index is 10.9. The van der Waals surface area contributed by atoms with E-state index >= 15 is 0 Å². The molecule has 3 saturated heterocycles. The number of rotatable bonds is 4. The van der Waals surface area contributed by atoms with Crippen LogP contribution in [0, 0.1) is 5.92 Å². The summed E-state index contributed by atoms with van der Waals surface area (Å²) in [6.07, 6.45) is 4.33. The molecule has 2 N–H and O–H groups in total. The van der Waals surface area contributed by atoms with Crippen LogP contribution in [0.5, 0.6) is 0 Å². The zero-order valence-corrected chi connectivity index (χ0v) is 12.5. The van der Waals surface area contributed by atoms with Gasteiger partial charge in [0, 0.05) is 18.7 Å². The molecular weight excluding hydrogens is 302 g/mol. The molecule has 0 aromatic heterocycles. The average Bonchev–Trinajstić information content (AvgIpc) is 2.36. The molecule has 9 heteroatoms. The fraction of sp³-hybridized carbons (Fsp3) is 0.667. The molecule has 2 bridgehead atoms. The van der Waals surface area contributed by atoms with E-state index in [-0.39, 0.29) is 6.10 Å². The lowest BCUT2D eigenvalue weighted by atomic mass is 9.86. The van der Waals surface area contributed by atoms with Crippen LogP contribution in [0.4, 0.5) is 0 Å². The highest BCUT2D eigenvalue weighted by Crippen LogP contribution is 2.30. The van der Waals surface area contributed by atoms with Gasteiger partial charge >= 0.3 is 11.9 Å². The summed E-state index contributed by atoms with van der Waals surface area (Å²) in [7, 11) is -3.27. The Balaban J connectivity index is 0.000000240. The maximum absolute atomic E-state index is 10.9. The Morgan fingerprint density at radius 2 is 1.62 bits per heavy atom. The predicted molar refractivity (Wildman–Crippen MR) is 73.3 cm³/mol. The van der Waals surface area contributed by atoms with Gasteiger partial charge in [0.25, 0.3) is 10.1 Å². The number of piperidine rings is 3. The molecule has 0 spiro atoms. The van der Waals surface area contributed by atoms with E-state index < -0.39 is 22.1 Å². The van der Waals surface area contributed by atoms with Gasteiger partial charge in [0.05, 0.1) is 12.4 Å². The Morgan fingerprint density at radius 3 is 1.90 bits per heavy atom. The van der Waals surface area contributed by atoms with Crippen LogP contribution in [0.2, 0.25) is 0 Å². The number of carboxylic acids is 2. The van der Waals surface area contributed by atoms with Crippen LogP contribution < -0.4 is 0 Å². The van der Waals surface area contributed by atoms with Gasteiger partial charge in [-0.2, -0.15) is 8.42 Å². The van der Waals surface area contributed by atoms with Crippen molar-refractivity contribution < 1.29 is 32.4 Å². The monoisotopic (exact) mass is 321 g/mol. The third-order valence-electron chi connectivity index (χ3n) is 3.26. The molecule has 0 saturated carbocycles. The Morgan fingerprint density at radius 1 is 1.14 bits per heavy atom. The first-order chi connectivity index (χ1) is 9.67. The minimum Gasteiger partial charge on any atom is -0.478 e. The minimum absolute atomic E-state index is 0.0856. The van der Waals surface area contributed by atoms with E-state index in [1.54, 1.807) is 0 Å². The van der Waals surface area contributed by atoms with Crippen LogP contribution in [-0.2, 0) is 23.9 Å². The van der Waals surface area contributed by atoms with Gasteiger partial charge in [-0.05, 0) is 31.8 Å². The van der Waals surface area contributed by atoms with Gasteiger partial charge in [0.1, 0.15) is 0 Å². The first kappa shape index (κ1) is 17.6. The summed E-state index contributed by atoms with van der Waals surface area (Å²) < 4.78 is 26.9. The highest BCUT2D eigenvalue weighted by molar-refractivity contribution is 7.86. The van der Waals surface area contributed by atoms with Crippen molar-refractivity contribution in [2.75, 3.05) is 25.9 Å². The van der Waals surface area contributed by atoms with Crippen molar-refractivity contribution in [1.29, 1.82) is 0 Å². The summed E-state index contributed by atoms with van der Waals surface area (Å²) >= 11 is 0. The molecule has 0 aliphatic carbocycles. The summed E-state index contributed by atoms with van der Waals surface area (Å²) in [5, 5.41) is 15.6. The number of hydrogen-bond acceptors (Lipinski definition) is 6. The van der Waals surface area contributed by atoms with Crippen molar-refractivity contribution in [1.82, 2.24) is 4.90 Å². The molecule has 1 unspecified atom stereocenters. The SMILES string of the molecule is CS(=O)(=O)OC1CN2CCC1CC2.O=C(O)/C=C\C(=O)O. The van der Waals surface area contributed by atoms with E-state index in [4.69, 9.17) is 14.4 Å². The number of carbonyl (C=O) groups is 2. The minimum atomic E-state index is -3.27. The van der Waals surface area contributed by atoms with Crippen molar-refractivity contribution in [2.45, 2.75) is 18.9 Å². The average molecular weight is 321 g/mol. The van der Waals surface area contributed by atoms with E-state index in [2.05, 4.69) is 4.90 Å². The summed E-state index contributed by atoms with van der Waals surface area (Å²) in [6, 6.07) is 0. The van der Waals surface area contributed by atoms with E-state index in [1.165, 1.54) is 0 Å². The highest BCUT2D eigenvalue weighted by atomic mass is 32.2. The third-order valence-corrected chi connectivity index (χ3v) is 3.86. The summed E-state index contributed by atoms with van der Waals surface area (Å²) in [5.41, 5.74) is 0. The fourth-order valence-corrected chi connectivity index (χ4v) is 3.05. The Labute approximate surface area is 123 Å². The second kappa shape index (κ2) is 7.53. The predicted octanol–water partition coefficient (Wildman–Crippen LogP) is -0.231. The van der Waals surface area contributed by atoms with Gasteiger partial charge in [-0.25, -0.2) is 9.59 Å². The molecule has 0 amide bonds. The van der Waals surface area contributed by atoms with Gasteiger partial charge in [-0.1, -0.05) is 0 Å². The first-order valence-corrected chi connectivity index (χ1v) is 8.23. The molecule has 3 fully saturated rings. The number of fused-ring (bicyclic) bond motifs is 3. The van der Waals surface area contributed by atoms with Crippen LogP contribution in [0.1, 0.15) is 12.8 Å². The zero-order chi connectivity index (χ0) is 16.0. The molecule has 0 aromatic carbocycles. The van der Waals surface area contributed by atoms with Crippen molar-refractivity contribution in [3.05, 3.63) is 12.2 Å². The molecule has 21 heavy (non-hydrogen) atoms. The lowest BCUT2D eigenvalue weighted by Gasteiger charge is -2.43. The van der Waals surface area contributed by atoms with Gasteiger partial charge in [0.2, 0.25) is 0 Å². The van der Waals surface area contributed by atoms with E-state index in [9.17, 15) is 18.0 Å². The number of carboxylic acid groups (broad SMARTS) is 2. The number of aliphatic carboxylic acids is 2. The molecule has 0 radical (unpaired) electrons. The lowest BCUT2D eigenvalue weighted by molar-refractivity contribution is -0.134. The first-order valence-electron chi connectivity index (χ1n) is 6.42. The summed E-state index contributed by atoms with van der Waals surface area (Å²) in [6.45, 7) is 3.00. The summed E-state index contributed by atoms with van der Waals surface area (Å²) in [4.78, 5) is 21.4. The van der Waals surface area contributed by atoms with Gasteiger partial charge in [0.15, 0.2) is 0 Å². The van der Waals surface area contributed by atoms with E-state index in [0.29, 0.717) is 18.1 Å². The summed E-state index contributed by atoms with van der Waals surface area (Å²) in [5.74, 6) is -2.06. The highest BCUT2D eigenvalue weighted by Gasteiger charge is 2.36. The lowest BCUT2D eigenvalue weighted by Crippen LogP contribution is -2.51. The molecule has 3 aliphatic rings. The normalized spacial score (nSPS) is 28.0. The smallest absolute Gasteiger partial charge is 0.328 e. The Kier molecular flexibility index (Phi) is 6.31. The number of hydrogen-bond donors (Lipinski definition) is 2. The Hall–Kier alpha value is -1.45. The molecule has 3 heterocycles. The molecule has 3 rings (SSSR count). The fourth-order valence-electron chi connectivity index (χ4n) is 2.39. The van der Waals surface area contributed by atoms with Crippen molar-refractivity contribution in [3.63, 3.8) is 0 Å². The quantitative estimate of drug-likeness (QED) is 0.538. The van der Waals surface area contributed by atoms with Gasteiger partial charge in [-0.3, -0.25) is 4.18 Å². The largest absolute Gasteiger partial charge is 0.478 e. The number of nitrogens with zero attached hydrogens (tertiary/aromatic N) is 1. The third kappa shape index (κ3) is 7.21. The molecule has 1 atom stereocenters. The zero-order valence-electron chi connectivity index (χ0n) is 11.6. The topological polar surface area (TPSA) is 121 Å². The van der Waals surface area contributed by atoms with Crippen molar-refractivity contribution >= 4 is 22.1 Å². The van der Waals surface area contributed by atoms with Crippen LogP contribution >= 0.6 is 0 Å². The Bertz CT molecular complexity index is 490. The van der Waals surface area contributed by atoms with E-state index in [1.807, 2.05) is 0 Å². The van der Waals surface area contributed by atoms with Crippen molar-refractivity contribution in [3.8, 4) is 0 Å². The van der Waals surface area contributed by atoms with Gasteiger partial charge < -0.3 is 15.1 Å². The van der Waals surface area contributed by atoms with Crippen LogP contribution in [0.25, 0.3) is 0 Å². The standard InChI is InChI=1S/C8H15NO3S.C4H4O4/c1-13(10,11)12-8-6-9-4-2-7(8)3-5-9;5-3(6)1-2-4(7)8/h7-8H,2-6H2,1H3;1-2H,(H,5,6)(H,7,8)/b;2-1-.